The van der Waals surface area contributed by atoms with Crippen LogP contribution in [0.5, 0.6) is 5.75 Å². The molecule has 22 heavy (non-hydrogen) atoms. The molecule has 9 heteroatoms. The predicted octanol–water partition coefficient (Wildman–Crippen LogP) is 1.10. The lowest BCUT2D eigenvalue weighted by Gasteiger charge is -2.24. The molecule has 0 aliphatic heterocycles. The molecule has 1 rings (SSSR count). The molecule has 0 bridgehead atoms. The van der Waals surface area contributed by atoms with E-state index in [1.165, 1.54) is 33.0 Å². The number of nitrogens with one attached hydrogen (secondary N) is 1. The van der Waals surface area contributed by atoms with Crippen LogP contribution in [0.1, 0.15) is 6.92 Å². The van der Waals surface area contributed by atoms with E-state index in [-0.39, 0.29) is 19.0 Å². The number of anilines is 1. The van der Waals surface area contributed by atoms with Gasteiger partial charge in [0.1, 0.15) is 5.75 Å². The number of carbonyl (C=O) groups is 1. The summed E-state index contributed by atoms with van der Waals surface area (Å²) >= 11 is 5.96. The van der Waals surface area contributed by atoms with Gasteiger partial charge in [0.15, 0.2) is 0 Å². The zero-order valence-electron chi connectivity index (χ0n) is 13.0. The minimum Gasteiger partial charge on any atom is -0.495 e. The molecule has 1 N–H and O–H groups in total. The van der Waals surface area contributed by atoms with Crippen LogP contribution < -0.4 is 14.4 Å². The van der Waals surface area contributed by atoms with Crippen molar-refractivity contribution in [1.29, 1.82) is 0 Å². The SMILES string of the molecule is COc1ccc(Cl)cc1N(CCNS(=O)(=O)N(C)C)C(C)=O. The van der Waals surface area contributed by atoms with Gasteiger partial charge in [-0.05, 0) is 18.2 Å². The lowest BCUT2D eigenvalue weighted by Crippen LogP contribution is -2.41. The maximum atomic E-state index is 11.9. The molecule has 0 aromatic heterocycles. The van der Waals surface area contributed by atoms with Gasteiger partial charge in [-0.15, -0.1) is 0 Å². The molecular formula is C13H20ClN3O4S. The largest absolute Gasteiger partial charge is 0.495 e. The molecule has 124 valence electrons. The van der Waals surface area contributed by atoms with Crippen LogP contribution in [-0.2, 0) is 15.0 Å². The molecule has 0 aliphatic carbocycles. The zero-order valence-corrected chi connectivity index (χ0v) is 14.5. The minimum absolute atomic E-state index is 0.0652. The fraction of sp³-hybridized carbons (Fsp3) is 0.462. The van der Waals surface area contributed by atoms with Gasteiger partial charge in [0, 0.05) is 39.1 Å². The number of hydrogen-bond donors (Lipinski definition) is 1. The fourth-order valence-electron chi connectivity index (χ4n) is 1.74. The Morgan fingerprint density at radius 2 is 2.00 bits per heavy atom. The van der Waals surface area contributed by atoms with E-state index in [4.69, 9.17) is 16.3 Å². The van der Waals surface area contributed by atoms with Gasteiger partial charge in [0.2, 0.25) is 5.91 Å². The predicted molar refractivity (Wildman–Crippen MR) is 86.6 cm³/mol. The van der Waals surface area contributed by atoms with Crippen LogP contribution in [0.4, 0.5) is 5.69 Å². The third kappa shape index (κ3) is 4.84. The lowest BCUT2D eigenvalue weighted by molar-refractivity contribution is -0.116. The summed E-state index contributed by atoms with van der Waals surface area (Å²) in [6.45, 7) is 1.61. The van der Waals surface area contributed by atoms with Crippen LogP contribution in [0.3, 0.4) is 0 Å². The summed E-state index contributed by atoms with van der Waals surface area (Å²) in [5, 5.41) is 0.455. The van der Waals surface area contributed by atoms with Crippen molar-refractivity contribution in [2.24, 2.45) is 0 Å². The second-order valence-corrected chi connectivity index (χ2v) is 7.07. The Morgan fingerprint density at radius 1 is 1.36 bits per heavy atom. The van der Waals surface area contributed by atoms with E-state index >= 15 is 0 Å². The molecule has 1 amide bonds. The monoisotopic (exact) mass is 349 g/mol. The van der Waals surface area contributed by atoms with E-state index in [9.17, 15) is 13.2 Å². The summed E-state index contributed by atoms with van der Waals surface area (Å²) in [5.74, 6) is 0.236. The van der Waals surface area contributed by atoms with Gasteiger partial charge in [-0.25, -0.2) is 4.72 Å². The van der Waals surface area contributed by atoms with Crippen molar-refractivity contribution in [2.45, 2.75) is 6.92 Å². The summed E-state index contributed by atoms with van der Waals surface area (Å²) < 4.78 is 32.0. The highest BCUT2D eigenvalue weighted by atomic mass is 35.5. The van der Waals surface area contributed by atoms with Crippen LogP contribution in [0.2, 0.25) is 5.02 Å². The molecule has 0 saturated heterocycles. The van der Waals surface area contributed by atoms with Crippen molar-refractivity contribution in [3.05, 3.63) is 23.2 Å². The smallest absolute Gasteiger partial charge is 0.278 e. The van der Waals surface area contributed by atoms with Crippen molar-refractivity contribution in [1.82, 2.24) is 9.03 Å². The number of nitrogens with zero attached hydrogens (tertiary/aromatic N) is 2. The van der Waals surface area contributed by atoms with Crippen LogP contribution in [0.15, 0.2) is 18.2 Å². The van der Waals surface area contributed by atoms with Crippen LogP contribution in [0.25, 0.3) is 0 Å². The van der Waals surface area contributed by atoms with E-state index in [0.717, 1.165) is 4.31 Å². The van der Waals surface area contributed by atoms with Crippen molar-refractivity contribution in [3.8, 4) is 5.75 Å². The molecule has 1 aromatic carbocycles. The first-order valence-electron chi connectivity index (χ1n) is 6.47. The number of amides is 1. The van der Waals surface area contributed by atoms with E-state index in [1.807, 2.05) is 0 Å². The molecule has 0 atom stereocenters. The standard InChI is InChI=1S/C13H20ClN3O4S/c1-10(18)17(8-7-15-22(19,20)16(2)3)12-9-11(14)5-6-13(12)21-4/h5-6,9,15H,7-8H2,1-4H3. The first kappa shape index (κ1) is 18.7. The Hall–Kier alpha value is -1.35. The van der Waals surface area contributed by atoms with Crippen LogP contribution in [-0.4, -0.2) is 52.9 Å². The average molecular weight is 350 g/mol. The molecule has 0 spiro atoms. The number of halogens is 1. The van der Waals surface area contributed by atoms with Gasteiger partial charge in [-0.2, -0.15) is 12.7 Å². The Balaban J connectivity index is 2.92. The maximum absolute atomic E-state index is 11.9. The summed E-state index contributed by atoms with van der Waals surface area (Å²) in [6, 6.07) is 4.90. The highest BCUT2D eigenvalue weighted by Crippen LogP contribution is 2.31. The van der Waals surface area contributed by atoms with Crippen molar-refractivity contribution in [3.63, 3.8) is 0 Å². The Kier molecular flexibility index (Phi) is 6.61. The molecular weight excluding hydrogens is 330 g/mol. The van der Waals surface area contributed by atoms with Gasteiger partial charge in [0.25, 0.3) is 10.2 Å². The van der Waals surface area contributed by atoms with E-state index in [0.29, 0.717) is 16.5 Å². The van der Waals surface area contributed by atoms with E-state index < -0.39 is 10.2 Å². The lowest BCUT2D eigenvalue weighted by atomic mass is 10.2. The number of carbonyl (C=O) groups excluding carboxylic acids is 1. The first-order chi connectivity index (χ1) is 10.2. The number of ether oxygens (including phenoxy) is 1. The molecule has 7 nitrogen and oxygen atoms in total. The molecule has 0 unspecified atom stereocenters. The summed E-state index contributed by atoms with van der Waals surface area (Å²) in [7, 11) is 0.792. The zero-order chi connectivity index (χ0) is 16.9. The Morgan fingerprint density at radius 3 is 2.50 bits per heavy atom. The normalized spacial score (nSPS) is 11.5. The summed E-state index contributed by atoms with van der Waals surface area (Å²) in [6.07, 6.45) is 0. The molecule has 0 radical (unpaired) electrons. The Bertz CT molecular complexity index is 634. The van der Waals surface area contributed by atoms with Gasteiger partial charge >= 0.3 is 0 Å². The molecule has 0 fully saturated rings. The summed E-state index contributed by atoms with van der Waals surface area (Å²) in [5.41, 5.74) is 0.492. The Labute approximate surface area is 136 Å². The second-order valence-electron chi connectivity index (χ2n) is 4.67. The van der Waals surface area contributed by atoms with Crippen molar-refractivity contribution < 1.29 is 17.9 Å². The number of hydrogen-bond acceptors (Lipinski definition) is 4. The third-order valence-corrected chi connectivity index (χ3v) is 4.68. The van der Waals surface area contributed by atoms with Crippen molar-refractivity contribution >= 4 is 33.4 Å². The minimum atomic E-state index is -3.54. The number of rotatable bonds is 7. The van der Waals surface area contributed by atoms with Crippen LogP contribution in [0, 0.1) is 0 Å². The summed E-state index contributed by atoms with van der Waals surface area (Å²) in [4.78, 5) is 13.3. The molecule has 0 saturated carbocycles. The van der Waals surface area contributed by atoms with Crippen LogP contribution >= 0.6 is 11.6 Å². The molecule has 0 heterocycles. The van der Waals surface area contributed by atoms with E-state index in [1.54, 1.807) is 18.2 Å². The average Bonchev–Trinajstić information content (AvgIpc) is 2.43. The third-order valence-electron chi connectivity index (χ3n) is 2.91. The van der Waals surface area contributed by atoms with Crippen molar-refractivity contribution in [2.75, 3.05) is 39.2 Å². The second kappa shape index (κ2) is 7.77. The van der Waals surface area contributed by atoms with Gasteiger partial charge < -0.3 is 9.64 Å². The van der Waals surface area contributed by atoms with E-state index in [2.05, 4.69) is 4.72 Å². The quantitative estimate of drug-likeness (QED) is 0.799. The molecule has 1 aromatic rings. The first-order valence-corrected chi connectivity index (χ1v) is 8.29. The topological polar surface area (TPSA) is 79.0 Å². The maximum Gasteiger partial charge on any atom is 0.278 e. The van der Waals surface area contributed by atoms with Gasteiger partial charge in [-0.1, -0.05) is 11.6 Å². The molecule has 0 aliphatic rings. The highest BCUT2D eigenvalue weighted by molar-refractivity contribution is 7.87. The number of methoxy groups -OCH3 is 1. The van der Waals surface area contributed by atoms with Gasteiger partial charge in [-0.3, -0.25) is 4.79 Å². The van der Waals surface area contributed by atoms with Gasteiger partial charge in [0.05, 0.1) is 12.8 Å². The number of benzene rings is 1. The fourth-order valence-corrected chi connectivity index (χ4v) is 2.51. The highest BCUT2D eigenvalue weighted by Gasteiger charge is 2.18.